The Balaban J connectivity index is 1.42. The standard InChI is InChI=1S/C22H22N6OS/c1-14-10-24-28(19-9-5-7-15-6-3-4-8-17(15)19)20(14)26-21(29)18-13-30-22(25-18)16-11-23-27(2)12-16/h3-4,6,8,10-13,19H,5,7,9H2,1-2H3,(H,26,29). The fourth-order valence-corrected chi connectivity index (χ4v) is 4.81. The van der Waals surface area contributed by atoms with Crippen molar-refractivity contribution in [2.75, 3.05) is 5.32 Å². The van der Waals surface area contributed by atoms with Crippen molar-refractivity contribution in [1.29, 1.82) is 0 Å². The summed E-state index contributed by atoms with van der Waals surface area (Å²) in [4.78, 5) is 17.5. The molecule has 1 atom stereocenters. The average Bonchev–Trinajstić information content (AvgIpc) is 3.49. The third-order valence-electron chi connectivity index (χ3n) is 5.53. The maximum Gasteiger partial charge on any atom is 0.276 e. The predicted octanol–water partition coefficient (Wildman–Crippen LogP) is 4.23. The predicted molar refractivity (Wildman–Crippen MR) is 117 cm³/mol. The highest BCUT2D eigenvalue weighted by Crippen LogP contribution is 2.35. The Kier molecular flexibility index (Phi) is 4.71. The molecule has 0 fully saturated rings. The monoisotopic (exact) mass is 418 g/mol. The third kappa shape index (κ3) is 3.33. The number of amides is 1. The van der Waals surface area contributed by atoms with Gasteiger partial charge in [0.15, 0.2) is 0 Å². The van der Waals surface area contributed by atoms with Crippen LogP contribution in [0.2, 0.25) is 0 Å². The Morgan fingerprint density at radius 1 is 1.23 bits per heavy atom. The number of aromatic nitrogens is 5. The lowest BCUT2D eigenvalue weighted by molar-refractivity contribution is 0.102. The van der Waals surface area contributed by atoms with Gasteiger partial charge >= 0.3 is 0 Å². The van der Waals surface area contributed by atoms with E-state index in [9.17, 15) is 4.79 Å². The Morgan fingerprint density at radius 2 is 2.10 bits per heavy atom. The molecule has 8 heteroatoms. The van der Waals surface area contributed by atoms with E-state index in [0.29, 0.717) is 5.69 Å². The molecule has 3 heterocycles. The zero-order valence-electron chi connectivity index (χ0n) is 16.9. The lowest BCUT2D eigenvalue weighted by Crippen LogP contribution is -2.23. The number of hydrogen-bond donors (Lipinski definition) is 1. The number of fused-ring (bicyclic) bond motifs is 1. The second-order valence-electron chi connectivity index (χ2n) is 7.62. The quantitative estimate of drug-likeness (QED) is 0.538. The molecule has 1 aromatic carbocycles. The molecular weight excluding hydrogens is 396 g/mol. The van der Waals surface area contributed by atoms with Crippen LogP contribution in [-0.2, 0) is 13.5 Å². The molecule has 0 saturated carbocycles. The van der Waals surface area contributed by atoms with Crippen LogP contribution in [0, 0.1) is 6.92 Å². The highest BCUT2D eigenvalue weighted by Gasteiger charge is 2.26. The molecule has 3 aromatic heterocycles. The lowest BCUT2D eigenvalue weighted by atomic mass is 9.88. The molecule has 1 amide bonds. The van der Waals surface area contributed by atoms with Crippen molar-refractivity contribution in [3.05, 3.63) is 70.6 Å². The Hall–Kier alpha value is -3.26. The second-order valence-corrected chi connectivity index (χ2v) is 8.48. The topological polar surface area (TPSA) is 77.6 Å². The van der Waals surface area contributed by atoms with Gasteiger partial charge in [-0.2, -0.15) is 10.2 Å². The minimum atomic E-state index is -0.227. The molecule has 1 aliphatic rings. The maximum atomic E-state index is 13.0. The number of nitrogens with zero attached hydrogens (tertiary/aromatic N) is 5. The van der Waals surface area contributed by atoms with Crippen LogP contribution in [0.25, 0.3) is 10.6 Å². The summed E-state index contributed by atoms with van der Waals surface area (Å²) < 4.78 is 3.68. The van der Waals surface area contributed by atoms with Crippen molar-refractivity contribution in [2.24, 2.45) is 7.05 Å². The first kappa shape index (κ1) is 18.7. The van der Waals surface area contributed by atoms with Crippen LogP contribution >= 0.6 is 11.3 Å². The molecule has 1 N–H and O–H groups in total. The number of aryl methyl sites for hydroxylation is 3. The van der Waals surface area contributed by atoms with Crippen molar-refractivity contribution in [1.82, 2.24) is 24.5 Å². The molecule has 5 rings (SSSR count). The fraction of sp³-hybridized carbons (Fsp3) is 0.273. The van der Waals surface area contributed by atoms with E-state index in [2.05, 4.69) is 44.8 Å². The van der Waals surface area contributed by atoms with Gasteiger partial charge in [0.25, 0.3) is 5.91 Å². The molecule has 0 spiro atoms. The zero-order valence-corrected chi connectivity index (χ0v) is 17.7. The normalized spacial score (nSPS) is 15.7. The van der Waals surface area contributed by atoms with Gasteiger partial charge in [-0.1, -0.05) is 24.3 Å². The van der Waals surface area contributed by atoms with Gasteiger partial charge in [-0.15, -0.1) is 11.3 Å². The summed E-state index contributed by atoms with van der Waals surface area (Å²) in [5, 5.41) is 14.4. The first-order chi connectivity index (χ1) is 14.6. The molecule has 0 radical (unpaired) electrons. The summed E-state index contributed by atoms with van der Waals surface area (Å²) in [5.41, 5.74) is 4.89. The Bertz CT molecular complexity index is 1220. The first-order valence-electron chi connectivity index (χ1n) is 9.98. The fourth-order valence-electron chi connectivity index (χ4n) is 4.04. The molecular formula is C22H22N6OS. The van der Waals surface area contributed by atoms with Crippen LogP contribution < -0.4 is 5.32 Å². The number of benzene rings is 1. The van der Waals surface area contributed by atoms with Crippen LogP contribution in [0.3, 0.4) is 0 Å². The van der Waals surface area contributed by atoms with Crippen LogP contribution in [0.15, 0.2) is 48.2 Å². The minimum Gasteiger partial charge on any atom is -0.305 e. The van der Waals surface area contributed by atoms with Crippen molar-refractivity contribution in [3.63, 3.8) is 0 Å². The van der Waals surface area contributed by atoms with Crippen molar-refractivity contribution in [2.45, 2.75) is 32.2 Å². The maximum absolute atomic E-state index is 13.0. The summed E-state index contributed by atoms with van der Waals surface area (Å²) in [6.45, 7) is 1.97. The van der Waals surface area contributed by atoms with Crippen LogP contribution in [0.5, 0.6) is 0 Å². The number of carbonyl (C=O) groups excluding carboxylic acids is 1. The summed E-state index contributed by atoms with van der Waals surface area (Å²) in [6.07, 6.45) is 8.65. The van der Waals surface area contributed by atoms with E-state index in [-0.39, 0.29) is 11.9 Å². The number of rotatable bonds is 4. The van der Waals surface area contributed by atoms with Crippen molar-refractivity contribution in [3.8, 4) is 10.6 Å². The van der Waals surface area contributed by atoms with Gasteiger partial charge in [0.1, 0.15) is 16.5 Å². The molecule has 30 heavy (non-hydrogen) atoms. The Morgan fingerprint density at radius 3 is 2.93 bits per heavy atom. The lowest BCUT2D eigenvalue weighted by Gasteiger charge is -2.27. The summed E-state index contributed by atoms with van der Waals surface area (Å²) in [7, 11) is 1.86. The van der Waals surface area contributed by atoms with Gasteiger partial charge in [-0.3, -0.25) is 9.48 Å². The van der Waals surface area contributed by atoms with E-state index in [4.69, 9.17) is 0 Å². The molecule has 0 aliphatic heterocycles. The summed E-state index contributed by atoms with van der Waals surface area (Å²) >= 11 is 1.44. The molecule has 7 nitrogen and oxygen atoms in total. The number of thiazole rings is 1. The van der Waals surface area contributed by atoms with Crippen LogP contribution in [0.4, 0.5) is 5.82 Å². The van der Waals surface area contributed by atoms with Crippen molar-refractivity contribution >= 4 is 23.1 Å². The molecule has 1 aliphatic carbocycles. The number of hydrogen-bond acceptors (Lipinski definition) is 5. The number of carbonyl (C=O) groups is 1. The van der Waals surface area contributed by atoms with Gasteiger partial charge in [-0.25, -0.2) is 9.67 Å². The average molecular weight is 419 g/mol. The van der Waals surface area contributed by atoms with E-state index < -0.39 is 0 Å². The highest BCUT2D eigenvalue weighted by atomic mass is 32.1. The largest absolute Gasteiger partial charge is 0.305 e. The first-order valence-corrected chi connectivity index (χ1v) is 10.9. The zero-order chi connectivity index (χ0) is 20.7. The minimum absolute atomic E-state index is 0.125. The van der Waals surface area contributed by atoms with Crippen LogP contribution in [0.1, 0.15) is 46.1 Å². The van der Waals surface area contributed by atoms with Gasteiger partial charge in [0, 0.05) is 29.8 Å². The second kappa shape index (κ2) is 7.53. The van der Waals surface area contributed by atoms with E-state index >= 15 is 0 Å². The highest BCUT2D eigenvalue weighted by molar-refractivity contribution is 7.13. The van der Waals surface area contributed by atoms with Gasteiger partial charge < -0.3 is 5.32 Å². The van der Waals surface area contributed by atoms with Gasteiger partial charge in [0.05, 0.1) is 18.4 Å². The van der Waals surface area contributed by atoms with E-state index in [0.717, 1.165) is 41.2 Å². The molecule has 1 unspecified atom stereocenters. The van der Waals surface area contributed by atoms with Gasteiger partial charge in [-0.05, 0) is 37.3 Å². The SMILES string of the molecule is Cc1cnn(C2CCCc3ccccc32)c1NC(=O)c1csc(-c2cnn(C)c2)n1. The van der Waals surface area contributed by atoms with Gasteiger partial charge in [0.2, 0.25) is 0 Å². The smallest absolute Gasteiger partial charge is 0.276 e. The van der Waals surface area contributed by atoms with Crippen molar-refractivity contribution < 1.29 is 4.79 Å². The van der Waals surface area contributed by atoms with E-state index in [1.165, 1.54) is 22.5 Å². The Labute approximate surface area is 178 Å². The van der Waals surface area contributed by atoms with E-state index in [1.807, 2.05) is 31.0 Å². The van der Waals surface area contributed by atoms with E-state index in [1.54, 1.807) is 16.3 Å². The molecule has 0 bridgehead atoms. The number of anilines is 1. The summed E-state index contributed by atoms with van der Waals surface area (Å²) in [5.74, 6) is 0.507. The molecule has 152 valence electrons. The molecule has 4 aromatic rings. The third-order valence-corrected chi connectivity index (χ3v) is 6.42. The van der Waals surface area contributed by atoms with Crippen LogP contribution in [-0.4, -0.2) is 30.5 Å². The molecule has 0 saturated heterocycles. The summed E-state index contributed by atoms with van der Waals surface area (Å²) in [6, 6.07) is 8.63. The number of nitrogens with one attached hydrogen (secondary N) is 1.